The molecular formula is C36H60N3O9+3. The van der Waals surface area contributed by atoms with Crippen molar-refractivity contribution < 1.29 is 44.2 Å². The topological polar surface area (TPSA) is 157 Å². The van der Waals surface area contributed by atoms with Crippen LogP contribution < -0.4 is 0 Å². The van der Waals surface area contributed by atoms with Gasteiger partial charge < -0.3 is 29.8 Å². The summed E-state index contributed by atoms with van der Waals surface area (Å²) in [5.41, 5.74) is -3.16. The first-order valence-electron chi connectivity index (χ1n) is 17.0. The number of carbonyl (C=O) groups is 3. The van der Waals surface area contributed by atoms with Gasteiger partial charge in [-0.1, -0.05) is 15.2 Å². The second-order valence-electron chi connectivity index (χ2n) is 18.0. The molecule has 1 aromatic carbocycles. The van der Waals surface area contributed by atoms with Gasteiger partial charge in [0.25, 0.3) is 0 Å². The number of piperidine rings is 3. The zero-order chi connectivity index (χ0) is 36.4. The monoisotopic (exact) mass is 678 g/mol. The number of nitrogens with zero attached hydrogens (tertiary/aromatic N) is 3. The van der Waals surface area contributed by atoms with Gasteiger partial charge in [-0.15, -0.1) is 0 Å². The average molecular weight is 679 g/mol. The minimum Gasteiger partial charge on any atom is -0.459 e. The number of carbonyl (C=O) groups excluding carboxylic acids is 3. The lowest BCUT2D eigenvalue weighted by atomic mass is 9.80. The van der Waals surface area contributed by atoms with Crippen LogP contribution in [0.25, 0.3) is 0 Å². The number of rotatable bonds is 6. The Labute approximate surface area is 285 Å². The zero-order valence-corrected chi connectivity index (χ0v) is 31.0. The summed E-state index contributed by atoms with van der Waals surface area (Å²) in [6.07, 6.45) is 1.25. The fourth-order valence-corrected chi connectivity index (χ4v) is 8.45. The van der Waals surface area contributed by atoms with Crippen molar-refractivity contribution in [3.8, 4) is 0 Å². The predicted molar refractivity (Wildman–Crippen MR) is 183 cm³/mol. The Balaban J connectivity index is 1.64. The van der Waals surface area contributed by atoms with Crippen LogP contribution in [0.2, 0.25) is 0 Å². The Kier molecular flexibility index (Phi) is 10.0. The molecule has 0 saturated carbocycles. The second-order valence-corrected chi connectivity index (χ2v) is 18.0. The lowest BCUT2D eigenvalue weighted by molar-refractivity contribution is -0.256. The summed E-state index contributed by atoms with van der Waals surface area (Å²) < 4.78 is 18.0. The molecule has 0 radical (unpaired) electrons. The van der Waals surface area contributed by atoms with Crippen LogP contribution >= 0.6 is 0 Å². The third-order valence-corrected chi connectivity index (χ3v) is 10.5. The molecule has 6 N–H and O–H groups in total. The van der Waals surface area contributed by atoms with E-state index in [1.165, 1.54) is 18.2 Å². The predicted octanol–water partition coefficient (Wildman–Crippen LogP) is 4.14. The summed E-state index contributed by atoms with van der Waals surface area (Å²) in [5.74, 6) is -2.03. The lowest BCUT2D eigenvalue weighted by Gasteiger charge is -2.47. The normalized spacial score (nSPS) is 26.1. The van der Waals surface area contributed by atoms with Gasteiger partial charge in [0.2, 0.25) is 0 Å². The summed E-state index contributed by atoms with van der Waals surface area (Å²) >= 11 is 0. The molecule has 0 spiro atoms. The van der Waals surface area contributed by atoms with Crippen molar-refractivity contribution >= 4 is 17.9 Å². The molecule has 3 aliphatic rings. The van der Waals surface area contributed by atoms with Crippen LogP contribution in [0.15, 0.2) is 18.2 Å². The van der Waals surface area contributed by atoms with E-state index < -0.39 is 69.5 Å². The van der Waals surface area contributed by atoms with E-state index in [2.05, 4.69) is 0 Å². The van der Waals surface area contributed by atoms with Crippen LogP contribution in [0.1, 0.15) is 153 Å². The van der Waals surface area contributed by atoms with Crippen LogP contribution in [-0.4, -0.2) is 100 Å². The van der Waals surface area contributed by atoms with Crippen molar-refractivity contribution in [3.63, 3.8) is 0 Å². The first-order valence-corrected chi connectivity index (χ1v) is 17.0. The summed E-state index contributed by atoms with van der Waals surface area (Å²) in [5, 5.41) is 30.3. The fourth-order valence-electron chi connectivity index (χ4n) is 8.45. The Morgan fingerprint density at radius 3 is 0.792 bits per heavy atom. The van der Waals surface area contributed by atoms with Gasteiger partial charge in [0, 0.05) is 38.5 Å². The molecule has 3 fully saturated rings. The van der Waals surface area contributed by atoms with Gasteiger partial charge in [-0.2, -0.15) is 0 Å². The maximum atomic E-state index is 13.7. The van der Waals surface area contributed by atoms with E-state index in [1.54, 1.807) is 15.2 Å². The van der Waals surface area contributed by atoms with E-state index in [1.807, 2.05) is 83.1 Å². The molecule has 12 heteroatoms. The molecule has 48 heavy (non-hydrogen) atoms. The minimum absolute atomic E-state index is 0.0311. The third-order valence-electron chi connectivity index (χ3n) is 10.5. The number of ether oxygens (including phenoxy) is 3. The van der Waals surface area contributed by atoms with Gasteiger partial charge in [-0.05, 0) is 101 Å². The van der Waals surface area contributed by atoms with Gasteiger partial charge in [0.1, 0.15) is 18.3 Å². The molecule has 0 aromatic heterocycles. The van der Waals surface area contributed by atoms with Gasteiger partial charge in [-0.25, -0.2) is 14.4 Å². The highest BCUT2D eigenvalue weighted by Gasteiger charge is 2.52. The number of hydroxylamine groups is 6. The summed E-state index contributed by atoms with van der Waals surface area (Å²) in [7, 11) is 0. The van der Waals surface area contributed by atoms with E-state index in [9.17, 15) is 14.4 Å². The largest absolute Gasteiger partial charge is 0.459 e. The first kappa shape index (κ1) is 38.2. The standard InChI is InChI=1S/C36H57N3O9/c1-31(2)16-25(17-32(3,4)37(31)43)46-28(40)22-13-23(29(41)47-26-18-33(5,6)38(44)34(7,8)19-26)15-24(14-22)30(42)48-27-20-35(9,10)39(45)36(11,12)21-27/h13-15,25-27,43-45H,16-21H2,1-12H3/p+3. The summed E-state index contributed by atoms with van der Waals surface area (Å²) in [4.78, 5) is 41.2. The quantitative estimate of drug-likeness (QED) is 0.245. The van der Waals surface area contributed by atoms with Crippen molar-refractivity contribution in [2.45, 2.75) is 173 Å². The number of benzene rings is 1. The van der Waals surface area contributed by atoms with E-state index in [4.69, 9.17) is 29.8 Å². The van der Waals surface area contributed by atoms with Crippen molar-refractivity contribution in [3.05, 3.63) is 34.9 Å². The molecule has 270 valence electrons. The van der Waals surface area contributed by atoms with Crippen molar-refractivity contribution in [2.75, 3.05) is 0 Å². The van der Waals surface area contributed by atoms with E-state index in [0.717, 1.165) is 0 Å². The molecule has 0 bridgehead atoms. The van der Waals surface area contributed by atoms with Crippen LogP contribution in [0.3, 0.4) is 0 Å². The summed E-state index contributed by atoms with van der Waals surface area (Å²) in [6, 6.07) is 4.20. The SMILES string of the molecule is CC1(C)CC(OC(=O)c2cc(C(=O)OC3CC(C)(C)N([OH2+])C(C)(C)C3)cc(C(=O)OC3CC(C)(C)N([OH2+])C(C)(C)C3)c2)CC(C)(C)N1[OH2+]. The highest BCUT2D eigenvalue weighted by molar-refractivity contribution is 6.00. The van der Waals surface area contributed by atoms with Crippen molar-refractivity contribution in [1.29, 1.82) is 0 Å². The van der Waals surface area contributed by atoms with Crippen molar-refractivity contribution in [1.82, 2.24) is 15.2 Å². The van der Waals surface area contributed by atoms with E-state index in [0.29, 0.717) is 38.5 Å². The highest BCUT2D eigenvalue weighted by atomic mass is 16.6. The number of hydrogen-bond acceptors (Lipinski definition) is 9. The molecule has 3 aliphatic heterocycles. The Morgan fingerprint density at radius 2 is 0.625 bits per heavy atom. The molecule has 4 rings (SSSR count). The van der Waals surface area contributed by atoms with Crippen LogP contribution in [0.4, 0.5) is 0 Å². The summed E-state index contributed by atoms with van der Waals surface area (Å²) in [6.45, 7) is 23.3. The molecule has 0 unspecified atom stereocenters. The molecule has 1 aromatic rings. The van der Waals surface area contributed by atoms with E-state index >= 15 is 0 Å². The number of hydrogen-bond donors (Lipinski definition) is 0. The Morgan fingerprint density at radius 1 is 0.458 bits per heavy atom. The first-order chi connectivity index (χ1) is 21.7. The maximum absolute atomic E-state index is 13.7. The molecular weight excluding hydrogens is 618 g/mol. The molecule has 0 amide bonds. The van der Waals surface area contributed by atoms with Gasteiger partial charge >= 0.3 is 17.9 Å². The van der Waals surface area contributed by atoms with Crippen LogP contribution in [0, 0.1) is 0 Å². The zero-order valence-electron chi connectivity index (χ0n) is 31.0. The minimum atomic E-state index is -0.678. The number of esters is 3. The highest BCUT2D eigenvalue weighted by Crippen LogP contribution is 2.41. The van der Waals surface area contributed by atoms with Gasteiger partial charge in [0.15, 0.2) is 0 Å². The van der Waals surface area contributed by atoms with Crippen LogP contribution in [-0.2, 0) is 14.2 Å². The molecule has 0 atom stereocenters. The molecule has 0 aliphatic carbocycles. The Bertz CT molecular complexity index is 1180. The van der Waals surface area contributed by atoms with Crippen LogP contribution in [0.5, 0.6) is 0 Å². The second kappa shape index (κ2) is 12.6. The van der Waals surface area contributed by atoms with Crippen molar-refractivity contribution in [2.24, 2.45) is 0 Å². The van der Waals surface area contributed by atoms with Gasteiger partial charge in [-0.3, -0.25) is 0 Å². The Hall–Kier alpha value is -2.61. The molecule has 3 saturated heterocycles. The smallest absolute Gasteiger partial charge is 0.338 e. The van der Waals surface area contributed by atoms with E-state index in [-0.39, 0.29) is 16.7 Å². The fraction of sp³-hybridized carbons (Fsp3) is 0.750. The molecule has 12 nitrogen and oxygen atoms in total. The average Bonchev–Trinajstić information content (AvgIpc) is 2.92. The maximum Gasteiger partial charge on any atom is 0.338 e. The lowest BCUT2D eigenvalue weighted by Crippen LogP contribution is -2.60. The molecule has 3 heterocycles. The third kappa shape index (κ3) is 7.89. The van der Waals surface area contributed by atoms with Gasteiger partial charge in [0.05, 0.1) is 49.9 Å².